The fourth-order valence-electron chi connectivity index (χ4n) is 2.42. The number of aromatic nitrogens is 1. The standard InChI is InChI=1S/C15H12Cl2N2OS2/c1-7-4-8(2)12-10(5-7)21-15(19(12)3)18-14(20)9-6-11(16)22-13(9)17/h4-6H,1-3H3. The molecule has 0 atom stereocenters. The topological polar surface area (TPSA) is 34.4 Å². The number of hydrogen-bond acceptors (Lipinski definition) is 3. The van der Waals surface area contributed by atoms with Gasteiger partial charge >= 0.3 is 0 Å². The number of amides is 1. The first kappa shape index (κ1) is 15.7. The number of carbonyl (C=O) groups is 1. The average Bonchev–Trinajstić information content (AvgIpc) is 2.90. The highest BCUT2D eigenvalue weighted by Gasteiger charge is 2.14. The Morgan fingerprint density at radius 3 is 2.55 bits per heavy atom. The van der Waals surface area contributed by atoms with E-state index >= 15 is 0 Å². The molecule has 0 saturated carbocycles. The van der Waals surface area contributed by atoms with Crippen LogP contribution in [0.15, 0.2) is 23.2 Å². The summed E-state index contributed by atoms with van der Waals surface area (Å²) in [5.74, 6) is -0.371. The van der Waals surface area contributed by atoms with Crippen molar-refractivity contribution >= 4 is 62.0 Å². The SMILES string of the molecule is Cc1cc(C)c2c(c1)sc(=NC(=O)c1cc(Cl)sc1Cl)n2C. The minimum Gasteiger partial charge on any atom is -0.319 e. The second kappa shape index (κ2) is 5.81. The Morgan fingerprint density at radius 2 is 1.91 bits per heavy atom. The molecule has 1 amide bonds. The maximum Gasteiger partial charge on any atom is 0.282 e. The quantitative estimate of drug-likeness (QED) is 0.595. The molecule has 3 nitrogen and oxygen atoms in total. The summed E-state index contributed by atoms with van der Waals surface area (Å²) in [6.07, 6.45) is 0. The van der Waals surface area contributed by atoms with Crippen molar-refractivity contribution in [3.63, 3.8) is 0 Å². The van der Waals surface area contributed by atoms with E-state index in [1.54, 1.807) is 6.07 Å². The van der Waals surface area contributed by atoms with Crippen LogP contribution in [-0.2, 0) is 7.05 Å². The number of hydrogen-bond donors (Lipinski definition) is 0. The summed E-state index contributed by atoms with van der Waals surface area (Å²) < 4.78 is 3.90. The molecule has 2 aromatic heterocycles. The van der Waals surface area contributed by atoms with Crippen molar-refractivity contribution in [3.8, 4) is 0 Å². The molecule has 0 saturated heterocycles. The second-order valence-electron chi connectivity index (χ2n) is 5.03. The molecule has 0 unspecified atom stereocenters. The molecule has 3 rings (SSSR count). The van der Waals surface area contributed by atoms with Crippen molar-refractivity contribution in [2.75, 3.05) is 0 Å². The maximum absolute atomic E-state index is 12.3. The van der Waals surface area contributed by atoms with Crippen LogP contribution < -0.4 is 4.80 Å². The van der Waals surface area contributed by atoms with Crippen LogP contribution in [0.25, 0.3) is 10.2 Å². The van der Waals surface area contributed by atoms with E-state index in [2.05, 4.69) is 31.0 Å². The van der Waals surface area contributed by atoms with Crippen LogP contribution >= 0.6 is 45.9 Å². The zero-order chi connectivity index (χ0) is 16.0. The van der Waals surface area contributed by atoms with Gasteiger partial charge in [-0.3, -0.25) is 4.79 Å². The predicted octanol–water partition coefficient (Wildman–Crippen LogP) is 4.97. The molecule has 2 heterocycles. The highest BCUT2D eigenvalue weighted by Crippen LogP contribution is 2.31. The van der Waals surface area contributed by atoms with E-state index in [9.17, 15) is 4.79 Å². The first-order chi connectivity index (χ1) is 10.4. The molecule has 3 aromatic rings. The van der Waals surface area contributed by atoms with Gasteiger partial charge in [0.2, 0.25) is 0 Å². The fraction of sp³-hybridized carbons (Fsp3) is 0.200. The Bertz CT molecular complexity index is 966. The number of rotatable bonds is 1. The molecule has 1 aromatic carbocycles. The third kappa shape index (κ3) is 2.74. The molecule has 0 aliphatic heterocycles. The maximum atomic E-state index is 12.3. The summed E-state index contributed by atoms with van der Waals surface area (Å²) in [6.45, 7) is 4.12. The summed E-state index contributed by atoms with van der Waals surface area (Å²) in [7, 11) is 1.91. The highest BCUT2D eigenvalue weighted by atomic mass is 35.5. The number of nitrogens with zero attached hydrogens (tertiary/aromatic N) is 2. The Balaban J connectivity index is 2.18. The summed E-state index contributed by atoms with van der Waals surface area (Å²) in [6, 6.07) is 5.78. The van der Waals surface area contributed by atoms with Gasteiger partial charge in [-0.1, -0.05) is 40.6 Å². The van der Waals surface area contributed by atoms with Crippen molar-refractivity contribution in [1.82, 2.24) is 4.57 Å². The molecule has 0 radical (unpaired) electrons. The molecule has 7 heteroatoms. The minimum atomic E-state index is -0.371. The van der Waals surface area contributed by atoms with Gasteiger partial charge in [-0.2, -0.15) is 4.99 Å². The Kier molecular flexibility index (Phi) is 4.16. The van der Waals surface area contributed by atoms with Gasteiger partial charge in [0, 0.05) is 7.05 Å². The molecule has 22 heavy (non-hydrogen) atoms. The van der Waals surface area contributed by atoms with Gasteiger partial charge in [0.25, 0.3) is 5.91 Å². The van der Waals surface area contributed by atoms with E-state index in [-0.39, 0.29) is 5.91 Å². The van der Waals surface area contributed by atoms with Gasteiger partial charge in [-0.25, -0.2) is 0 Å². The summed E-state index contributed by atoms with van der Waals surface area (Å²) >= 11 is 14.6. The van der Waals surface area contributed by atoms with Gasteiger partial charge in [0.15, 0.2) is 4.80 Å². The monoisotopic (exact) mass is 370 g/mol. The van der Waals surface area contributed by atoms with E-state index < -0.39 is 0 Å². The van der Waals surface area contributed by atoms with E-state index in [0.29, 0.717) is 19.0 Å². The lowest BCUT2D eigenvalue weighted by Crippen LogP contribution is -2.13. The van der Waals surface area contributed by atoms with E-state index in [1.807, 2.05) is 11.6 Å². The van der Waals surface area contributed by atoms with Crippen molar-refractivity contribution in [2.45, 2.75) is 13.8 Å². The third-order valence-electron chi connectivity index (χ3n) is 3.32. The van der Waals surface area contributed by atoms with Crippen LogP contribution in [0.1, 0.15) is 21.5 Å². The van der Waals surface area contributed by atoms with Gasteiger partial charge in [0.05, 0.1) is 20.1 Å². The Hall–Kier alpha value is -1.14. The van der Waals surface area contributed by atoms with Gasteiger partial charge in [0.1, 0.15) is 4.34 Å². The first-order valence-electron chi connectivity index (χ1n) is 6.47. The lowest BCUT2D eigenvalue weighted by atomic mass is 10.1. The summed E-state index contributed by atoms with van der Waals surface area (Å²) in [5.41, 5.74) is 3.80. The molecular weight excluding hydrogens is 359 g/mol. The van der Waals surface area contributed by atoms with Crippen LogP contribution in [0, 0.1) is 13.8 Å². The molecule has 0 aliphatic rings. The van der Waals surface area contributed by atoms with E-state index in [1.165, 1.54) is 33.8 Å². The lowest BCUT2D eigenvalue weighted by Gasteiger charge is -2.01. The third-order valence-corrected chi connectivity index (χ3v) is 5.88. The number of thiophene rings is 1. The fourth-order valence-corrected chi connectivity index (χ4v) is 5.06. The summed E-state index contributed by atoms with van der Waals surface area (Å²) in [4.78, 5) is 17.2. The highest BCUT2D eigenvalue weighted by molar-refractivity contribution is 7.20. The molecule has 0 bridgehead atoms. The molecule has 0 fully saturated rings. The Labute approximate surface area is 145 Å². The van der Waals surface area contributed by atoms with E-state index in [0.717, 1.165) is 10.2 Å². The van der Waals surface area contributed by atoms with E-state index in [4.69, 9.17) is 23.2 Å². The number of fused-ring (bicyclic) bond motifs is 1. The smallest absolute Gasteiger partial charge is 0.282 e. The molecule has 0 N–H and O–H groups in total. The first-order valence-corrected chi connectivity index (χ1v) is 8.86. The Morgan fingerprint density at radius 1 is 1.18 bits per heavy atom. The van der Waals surface area contributed by atoms with Crippen molar-refractivity contribution in [3.05, 3.63) is 48.4 Å². The van der Waals surface area contributed by atoms with Gasteiger partial charge < -0.3 is 4.57 Å². The molecule has 0 spiro atoms. The van der Waals surface area contributed by atoms with Crippen LogP contribution in [0.2, 0.25) is 8.67 Å². The van der Waals surface area contributed by atoms with Crippen molar-refractivity contribution in [1.29, 1.82) is 0 Å². The largest absolute Gasteiger partial charge is 0.319 e. The van der Waals surface area contributed by atoms with Crippen LogP contribution in [0.3, 0.4) is 0 Å². The minimum absolute atomic E-state index is 0.349. The van der Waals surface area contributed by atoms with Gasteiger partial charge in [-0.15, -0.1) is 11.3 Å². The number of aryl methyl sites for hydroxylation is 3. The summed E-state index contributed by atoms with van der Waals surface area (Å²) in [5, 5.41) is 0. The number of thiazole rings is 1. The second-order valence-corrected chi connectivity index (χ2v) is 8.32. The van der Waals surface area contributed by atoms with Crippen molar-refractivity contribution in [2.24, 2.45) is 12.0 Å². The number of benzene rings is 1. The number of halogens is 2. The van der Waals surface area contributed by atoms with Crippen molar-refractivity contribution < 1.29 is 4.79 Å². The van der Waals surface area contributed by atoms with Crippen LogP contribution in [0.4, 0.5) is 0 Å². The normalized spacial score (nSPS) is 12.3. The van der Waals surface area contributed by atoms with Crippen LogP contribution in [-0.4, -0.2) is 10.5 Å². The average molecular weight is 371 g/mol. The number of carbonyl (C=O) groups excluding carboxylic acids is 1. The lowest BCUT2D eigenvalue weighted by molar-refractivity contribution is 0.0998. The molecule has 114 valence electrons. The zero-order valence-corrected chi connectivity index (χ0v) is 15.3. The molecular formula is C15H12Cl2N2OS2. The van der Waals surface area contributed by atoms with Crippen LogP contribution in [0.5, 0.6) is 0 Å². The molecule has 0 aliphatic carbocycles. The zero-order valence-electron chi connectivity index (χ0n) is 12.1. The van der Waals surface area contributed by atoms with Gasteiger partial charge in [-0.05, 0) is 37.1 Å². The predicted molar refractivity (Wildman–Crippen MR) is 94.5 cm³/mol.